The van der Waals surface area contributed by atoms with Crippen molar-refractivity contribution in [3.05, 3.63) is 69.2 Å². The zero-order valence-electron chi connectivity index (χ0n) is 19.7. The topological polar surface area (TPSA) is 107 Å². The summed E-state index contributed by atoms with van der Waals surface area (Å²) < 4.78 is 5.16. The molecular weight excluding hydrogens is 404 g/mol. The van der Waals surface area contributed by atoms with Crippen LogP contribution in [0.5, 0.6) is 0 Å². The van der Waals surface area contributed by atoms with Gasteiger partial charge < -0.3 is 4.42 Å². The Hall–Kier alpha value is -3.13. The maximum Gasteiger partial charge on any atom is 0.417 e. The number of aromatic nitrogens is 5. The van der Waals surface area contributed by atoms with Gasteiger partial charge in [0.2, 0.25) is 0 Å². The number of nitrogens with zero attached hydrogens (tertiary/aromatic N) is 3. The monoisotopic (exact) mass is 436 g/mol. The maximum absolute atomic E-state index is 11.6. The van der Waals surface area contributed by atoms with Crippen molar-refractivity contribution in [3.8, 4) is 0 Å². The Balaban J connectivity index is 1.66. The van der Waals surface area contributed by atoms with Crippen LogP contribution in [-0.2, 0) is 30.5 Å². The molecule has 0 aliphatic heterocycles. The minimum Gasteiger partial charge on any atom is -0.408 e. The Morgan fingerprint density at radius 1 is 0.875 bits per heavy atom. The van der Waals surface area contributed by atoms with Gasteiger partial charge in [-0.2, -0.15) is 10.2 Å². The van der Waals surface area contributed by atoms with Crippen molar-refractivity contribution in [2.75, 3.05) is 0 Å². The fourth-order valence-corrected chi connectivity index (χ4v) is 4.17. The molecule has 0 aliphatic rings. The summed E-state index contributed by atoms with van der Waals surface area (Å²) >= 11 is 0. The van der Waals surface area contributed by atoms with Gasteiger partial charge >= 0.3 is 5.76 Å². The highest BCUT2D eigenvalue weighted by atomic mass is 16.4. The number of rotatable bonds is 6. The zero-order valence-corrected chi connectivity index (χ0v) is 19.7. The summed E-state index contributed by atoms with van der Waals surface area (Å²) in [6, 6.07) is 5.83. The number of hydrogen-bond donors (Lipinski definition) is 3. The summed E-state index contributed by atoms with van der Waals surface area (Å²) in [7, 11) is 0. The van der Waals surface area contributed by atoms with E-state index in [1.165, 1.54) is 11.1 Å². The van der Waals surface area contributed by atoms with Crippen molar-refractivity contribution in [2.45, 2.75) is 72.0 Å². The third-order valence-corrected chi connectivity index (χ3v) is 5.61. The molecule has 0 fully saturated rings. The van der Waals surface area contributed by atoms with Crippen LogP contribution in [0.25, 0.3) is 11.1 Å². The first kappa shape index (κ1) is 22.1. The molecule has 0 unspecified atom stereocenters. The first-order chi connectivity index (χ1) is 15.0. The van der Waals surface area contributed by atoms with Crippen molar-refractivity contribution in [1.82, 2.24) is 30.3 Å². The molecule has 0 spiro atoms. The molecule has 3 N–H and O–H groups in total. The third kappa shape index (κ3) is 4.70. The molecule has 0 bridgehead atoms. The Kier molecular flexibility index (Phi) is 5.58. The lowest BCUT2D eigenvalue weighted by Crippen LogP contribution is -2.26. The molecule has 0 radical (unpaired) electrons. The normalized spacial score (nSPS) is 12.8. The maximum atomic E-state index is 11.6. The Morgan fingerprint density at radius 2 is 1.44 bits per heavy atom. The van der Waals surface area contributed by atoms with Crippen LogP contribution in [-0.4, -0.2) is 30.3 Å². The summed E-state index contributed by atoms with van der Waals surface area (Å²) in [6.45, 7) is 15.3. The van der Waals surface area contributed by atoms with E-state index in [0.29, 0.717) is 17.6 Å². The molecule has 32 heavy (non-hydrogen) atoms. The number of oxazole rings is 1. The van der Waals surface area contributed by atoms with Crippen molar-refractivity contribution < 1.29 is 4.42 Å². The minimum atomic E-state index is -0.435. The van der Waals surface area contributed by atoms with Gasteiger partial charge in [0.05, 0.1) is 17.9 Å². The first-order valence-corrected chi connectivity index (χ1v) is 10.9. The van der Waals surface area contributed by atoms with Gasteiger partial charge in [-0.1, -0.05) is 47.6 Å². The molecule has 0 amide bonds. The van der Waals surface area contributed by atoms with Crippen LogP contribution in [0.3, 0.4) is 0 Å². The van der Waals surface area contributed by atoms with Gasteiger partial charge in [-0.05, 0) is 17.7 Å². The largest absolute Gasteiger partial charge is 0.417 e. The highest BCUT2D eigenvalue weighted by molar-refractivity contribution is 5.72. The van der Waals surface area contributed by atoms with E-state index in [4.69, 9.17) is 4.42 Å². The number of benzene rings is 1. The van der Waals surface area contributed by atoms with Crippen LogP contribution in [0.2, 0.25) is 0 Å². The zero-order chi connectivity index (χ0) is 23.1. The fourth-order valence-electron chi connectivity index (χ4n) is 4.17. The van der Waals surface area contributed by atoms with Crippen LogP contribution in [0.4, 0.5) is 0 Å². The van der Waals surface area contributed by atoms with Crippen LogP contribution >= 0.6 is 0 Å². The quantitative estimate of drug-likeness (QED) is 0.416. The molecule has 8 nitrogen and oxygen atoms in total. The van der Waals surface area contributed by atoms with Gasteiger partial charge in [0, 0.05) is 53.0 Å². The van der Waals surface area contributed by atoms with Crippen molar-refractivity contribution in [1.29, 1.82) is 0 Å². The van der Waals surface area contributed by atoms with Gasteiger partial charge in [0.1, 0.15) is 0 Å². The summed E-state index contributed by atoms with van der Waals surface area (Å²) in [5.74, 6) is -0.435. The Morgan fingerprint density at radius 3 is 1.97 bits per heavy atom. The lowest BCUT2D eigenvalue weighted by Gasteiger charge is -2.26. The average molecular weight is 437 g/mol. The van der Waals surface area contributed by atoms with Gasteiger partial charge in [-0.15, -0.1) is 0 Å². The van der Waals surface area contributed by atoms with Crippen LogP contribution < -0.4 is 5.76 Å². The highest BCUT2D eigenvalue weighted by Gasteiger charge is 2.24. The van der Waals surface area contributed by atoms with E-state index < -0.39 is 5.76 Å². The second-order valence-electron chi connectivity index (χ2n) is 10.5. The smallest absolute Gasteiger partial charge is 0.408 e. The van der Waals surface area contributed by atoms with E-state index in [1.807, 2.05) is 30.6 Å². The van der Waals surface area contributed by atoms with E-state index >= 15 is 0 Å². The minimum absolute atomic E-state index is 0.0289. The third-order valence-electron chi connectivity index (χ3n) is 5.61. The molecule has 3 aromatic heterocycles. The number of H-pyrrole nitrogens is 3. The number of aromatic amines is 3. The lowest BCUT2D eigenvalue weighted by atomic mass is 9.89. The fraction of sp³-hybridized carbons (Fsp3) is 0.458. The van der Waals surface area contributed by atoms with Gasteiger partial charge in [0.25, 0.3) is 0 Å². The molecule has 0 aliphatic carbocycles. The van der Waals surface area contributed by atoms with Crippen LogP contribution in [0, 0.1) is 0 Å². The molecular formula is C24H32N6O2. The summed E-state index contributed by atoms with van der Waals surface area (Å²) in [5.41, 5.74) is 6.95. The molecule has 4 rings (SSSR count). The second-order valence-corrected chi connectivity index (χ2v) is 10.5. The van der Waals surface area contributed by atoms with E-state index in [2.05, 4.69) is 71.8 Å². The standard InChI is InChI=1S/C24H32N6O2/c1-23(2,3)20-16(10-25-28-20)13-30(14-17-11-26-29-21(17)24(4,5)6)12-15-7-8-19-18(9-15)27-22(31)32-19/h7-11H,12-14H2,1-6H3,(H,25,28)(H,26,29)(H,27,31). The second kappa shape index (κ2) is 8.09. The number of fused-ring (bicyclic) bond motifs is 1. The highest BCUT2D eigenvalue weighted by Crippen LogP contribution is 2.28. The molecule has 0 saturated heterocycles. The Labute approximate surface area is 187 Å². The van der Waals surface area contributed by atoms with E-state index in [1.54, 1.807) is 0 Å². The van der Waals surface area contributed by atoms with Crippen molar-refractivity contribution >= 4 is 11.1 Å². The summed E-state index contributed by atoms with van der Waals surface area (Å²) in [6.07, 6.45) is 3.84. The van der Waals surface area contributed by atoms with Crippen molar-refractivity contribution in [2.24, 2.45) is 0 Å². The van der Waals surface area contributed by atoms with Crippen LogP contribution in [0.1, 0.15) is 69.6 Å². The van der Waals surface area contributed by atoms with E-state index in [-0.39, 0.29) is 10.8 Å². The number of hydrogen-bond acceptors (Lipinski definition) is 5. The van der Waals surface area contributed by atoms with Gasteiger partial charge in [-0.25, -0.2) is 4.79 Å². The SMILES string of the molecule is CC(C)(C)c1[nH]ncc1CN(Cc1ccc2oc(=O)[nH]c2c1)Cc1cn[nH]c1C(C)(C)C. The van der Waals surface area contributed by atoms with E-state index in [0.717, 1.165) is 30.0 Å². The number of nitrogens with one attached hydrogen (secondary N) is 3. The molecule has 0 atom stereocenters. The average Bonchev–Trinajstić information content (AvgIpc) is 3.39. The molecule has 0 saturated carbocycles. The van der Waals surface area contributed by atoms with Crippen LogP contribution in [0.15, 0.2) is 39.8 Å². The summed E-state index contributed by atoms with van der Waals surface area (Å²) in [4.78, 5) is 16.7. The molecule has 170 valence electrons. The van der Waals surface area contributed by atoms with Gasteiger partial charge in [0.15, 0.2) is 5.58 Å². The molecule has 3 heterocycles. The predicted octanol–water partition coefficient (Wildman–Crippen LogP) is 4.36. The Bertz CT molecular complexity index is 1210. The van der Waals surface area contributed by atoms with E-state index in [9.17, 15) is 4.79 Å². The van der Waals surface area contributed by atoms with Gasteiger partial charge in [-0.3, -0.25) is 20.1 Å². The molecule has 1 aromatic carbocycles. The van der Waals surface area contributed by atoms with Crippen molar-refractivity contribution in [3.63, 3.8) is 0 Å². The molecule has 4 aromatic rings. The lowest BCUT2D eigenvalue weighted by molar-refractivity contribution is 0.244. The molecule has 8 heteroatoms. The summed E-state index contributed by atoms with van der Waals surface area (Å²) in [5, 5.41) is 15.0. The first-order valence-electron chi connectivity index (χ1n) is 10.9. The predicted molar refractivity (Wildman–Crippen MR) is 124 cm³/mol.